The molecule has 0 aromatic rings. The largest absolute Gasteiger partial charge is 0.466 e. The van der Waals surface area contributed by atoms with E-state index in [0.29, 0.717) is 18.6 Å². The molecule has 0 aromatic carbocycles. The molecule has 3 heteroatoms. The fourth-order valence-corrected chi connectivity index (χ4v) is 4.57. The maximum absolute atomic E-state index is 12.7. The highest BCUT2D eigenvalue weighted by Gasteiger charge is 2.55. The standard InChI is InChI=1S/C16H25NO2/c1-3-19-15(18)16-7-4-5-8-17-9-6-13(14(16)17)10-12(2)11-16/h10,12,14H,3-9,11H2,1-2H3/t12-,14+,16-/m1/s1. The summed E-state index contributed by atoms with van der Waals surface area (Å²) in [5, 5.41) is 0. The van der Waals surface area contributed by atoms with Crippen LogP contribution in [0.25, 0.3) is 0 Å². The number of carbonyl (C=O) groups is 1. The molecule has 0 aromatic heterocycles. The lowest BCUT2D eigenvalue weighted by Gasteiger charge is -2.44. The highest BCUT2D eigenvalue weighted by Crippen LogP contribution is 2.51. The molecule has 3 rings (SSSR count). The van der Waals surface area contributed by atoms with Crippen molar-refractivity contribution in [2.75, 3.05) is 19.7 Å². The number of rotatable bonds is 2. The third kappa shape index (κ3) is 2.03. The van der Waals surface area contributed by atoms with Gasteiger partial charge in [-0.3, -0.25) is 9.69 Å². The van der Waals surface area contributed by atoms with Crippen LogP contribution in [0.1, 0.15) is 46.0 Å². The lowest BCUT2D eigenvalue weighted by Crippen LogP contribution is -2.52. The highest BCUT2D eigenvalue weighted by molar-refractivity contribution is 5.79. The van der Waals surface area contributed by atoms with Gasteiger partial charge in [-0.15, -0.1) is 0 Å². The van der Waals surface area contributed by atoms with E-state index in [1.165, 1.54) is 12.0 Å². The van der Waals surface area contributed by atoms with E-state index in [9.17, 15) is 4.79 Å². The SMILES string of the molecule is CCOC(=O)[C@]12CCCCN3CCC(=C[C@@H](C)C1)[C@H]32. The van der Waals surface area contributed by atoms with Crippen molar-refractivity contribution >= 4 is 5.97 Å². The van der Waals surface area contributed by atoms with Crippen molar-refractivity contribution in [2.24, 2.45) is 11.3 Å². The molecule has 3 nitrogen and oxygen atoms in total. The Hall–Kier alpha value is -0.830. The molecule has 0 spiro atoms. The Labute approximate surface area is 116 Å². The Kier molecular flexibility index (Phi) is 3.42. The van der Waals surface area contributed by atoms with Crippen molar-refractivity contribution in [2.45, 2.75) is 52.0 Å². The van der Waals surface area contributed by atoms with Crippen LogP contribution < -0.4 is 0 Å². The third-order valence-electron chi connectivity index (χ3n) is 5.11. The van der Waals surface area contributed by atoms with Crippen LogP contribution in [0.5, 0.6) is 0 Å². The quantitative estimate of drug-likeness (QED) is 0.567. The van der Waals surface area contributed by atoms with Crippen molar-refractivity contribution in [1.82, 2.24) is 4.90 Å². The Balaban J connectivity index is 2.01. The number of esters is 1. The van der Waals surface area contributed by atoms with Crippen molar-refractivity contribution in [3.8, 4) is 0 Å². The molecule has 106 valence electrons. The number of hydrogen-bond acceptors (Lipinski definition) is 3. The molecule has 0 amide bonds. The monoisotopic (exact) mass is 263 g/mol. The molecule has 3 aliphatic rings. The van der Waals surface area contributed by atoms with Gasteiger partial charge in [-0.05, 0) is 45.1 Å². The maximum Gasteiger partial charge on any atom is 0.314 e. The molecule has 0 bridgehead atoms. The normalized spacial score (nSPS) is 38.3. The molecule has 0 saturated carbocycles. The Morgan fingerprint density at radius 3 is 3.11 bits per heavy atom. The summed E-state index contributed by atoms with van der Waals surface area (Å²) in [6, 6.07) is 0.338. The molecule has 2 aliphatic heterocycles. The van der Waals surface area contributed by atoms with Crippen LogP contribution in [0.3, 0.4) is 0 Å². The van der Waals surface area contributed by atoms with Gasteiger partial charge in [-0.2, -0.15) is 0 Å². The second-order valence-electron chi connectivity index (χ2n) is 6.45. The molecule has 2 heterocycles. The number of nitrogens with zero attached hydrogens (tertiary/aromatic N) is 1. The average molecular weight is 263 g/mol. The molecule has 0 radical (unpaired) electrons. The summed E-state index contributed by atoms with van der Waals surface area (Å²) < 4.78 is 5.48. The van der Waals surface area contributed by atoms with Gasteiger partial charge in [0.05, 0.1) is 12.0 Å². The van der Waals surface area contributed by atoms with Gasteiger partial charge in [0.1, 0.15) is 0 Å². The minimum Gasteiger partial charge on any atom is -0.466 e. The van der Waals surface area contributed by atoms with Crippen LogP contribution in [-0.2, 0) is 9.53 Å². The van der Waals surface area contributed by atoms with Gasteiger partial charge in [0.2, 0.25) is 0 Å². The van der Waals surface area contributed by atoms with Crippen LogP contribution >= 0.6 is 0 Å². The predicted octanol–water partition coefficient (Wildman–Crippen LogP) is 2.76. The first-order valence-electron chi connectivity index (χ1n) is 7.79. The number of ether oxygens (including phenoxy) is 1. The molecule has 0 unspecified atom stereocenters. The van der Waals surface area contributed by atoms with E-state index in [4.69, 9.17) is 4.74 Å². The molecule has 3 atom stereocenters. The fraction of sp³-hybridized carbons (Fsp3) is 0.812. The van der Waals surface area contributed by atoms with Gasteiger partial charge in [0, 0.05) is 12.6 Å². The summed E-state index contributed by atoms with van der Waals surface area (Å²) in [6.45, 7) is 6.95. The van der Waals surface area contributed by atoms with Gasteiger partial charge in [-0.1, -0.05) is 25.0 Å². The van der Waals surface area contributed by atoms with E-state index in [2.05, 4.69) is 17.9 Å². The van der Waals surface area contributed by atoms with Crippen LogP contribution in [0.4, 0.5) is 0 Å². The van der Waals surface area contributed by atoms with E-state index >= 15 is 0 Å². The molecule has 19 heavy (non-hydrogen) atoms. The van der Waals surface area contributed by atoms with E-state index in [0.717, 1.165) is 38.8 Å². The lowest BCUT2D eigenvalue weighted by atomic mass is 9.65. The second kappa shape index (κ2) is 4.93. The van der Waals surface area contributed by atoms with Crippen molar-refractivity contribution in [1.29, 1.82) is 0 Å². The molecule has 2 fully saturated rings. The van der Waals surface area contributed by atoms with E-state index < -0.39 is 0 Å². The lowest BCUT2D eigenvalue weighted by molar-refractivity contribution is -0.160. The average Bonchev–Trinajstić information content (AvgIpc) is 2.67. The molecular formula is C16H25NO2. The van der Waals surface area contributed by atoms with Gasteiger partial charge < -0.3 is 4.74 Å². The first-order chi connectivity index (χ1) is 9.17. The zero-order valence-electron chi connectivity index (χ0n) is 12.2. The minimum atomic E-state index is -0.257. The van der Waals surface area contributed by atoms with Crippen LogP contribution in [0.2, 0.25) is 0 Å². The van der Waals surface area contributed by atoms with Gasteiger partial charge in [-0.25, -0.2) is 0 Å². The summed E-state index contributed by atoms with van der Waals surface area (Å²) in [7, 11) is 0. The summed E-state index contributed by atoms with van der Waals surface area (Å²) in [5.74, 6) is 0.569. The smallest absolute Gasteiger partial charge is 0.314 e. The van der Waals surface area contributed by atoms with Crippen LogP contribution in [0.15, 0.2) is 11.6 Å². The number of allylic oxidation sites excluding steroid dienone is 1. The van der Waals surface area contributed by atoms with Crippen molar-refractivity contribution < 1.29 is 9.53 Å². The van der Waals surface area contributed by atoms with Gasteiger partial charge >= 0.3 is 5.97 Å². The van der Waals surface area contributed by atoms with E-state index in [1.54, 1.807) is 0 Å². The molecule has 1 aliphatic carbocycles. The topological polar surface area (TPSA) is 29.5 Å². The van der Waals surface area contributed by atoms with Crippen molar-refractivity contribution in [3.63, 3.8) is 0 Å². The van der Waals surface area contributed by atoms with Crippen LogP contribution in [0, 0.1) is 11.3 Å². The first kappa shape index (κ1) is 13.2. The van der Waals surface area contributed by atoms with E-state index in [-0.39, 0.29) is 11.4 Å². The zero-order valence-corrected chi connectivity index (χ0v) is 12.2. The third-order valence-corrected chi connectivity index (χ3v) is 5.11. The van der Waals surface area contributed by atoms with Crippen LogP contribution in [-0.4, -0.2) is 36.6 Å². The Morgan fingerprint density at radius 2 is 2.32 bits per heavy atom. The molecule has 0 N–H and O–H groups in total. The summed E-state index contributed by atoms with van der Waals surface area (Å²) in [6.07, 6.45) is 7.93. The second-order valence-corrected chi connectivity index (χ2v) is 6.45. The maximum atomic E-state index is 12.7. The Morgan fingerprint density at radius 1 is 1.47 bits per heavy atom. The van der Waals surface area contributed by atoms with Gasteiger partial charge in [0.15, 0.2) is 0 Å². The minimum absolute atomic E-state index is 0.0613. The number of carbonyl (C=O) groups excluding carboxylic acids is 1. The molecule has 2 saturated heterocycles. The van der Waals surface area contributed by atoms with Gasteiger partial charge in [0.25, 0.3) is 0 Å². The first-order valence-corrected chi connectivity index (χ1v) is 7.79. The zero-order chi connectivity index (χ0) is 13.5. The van der Waals surface area contributed by atoms with Crippen molar-refractivity contribution in [3.05, 3.63) is 11.6 Å². The summed E-state index contributed by atoms with van der Waals surface area (Å²) in [5.41, 5.74) is 1.25. The fourth-order valence-electron chi connectivity index (χ4n) is 4.57. The van der Waals surface area contributed by atoms with E-state index in [1.807, 2.05) is 6.92 Å². The highest BCUT2D eigenvalue weighted by atomic mass is 16.5. The predicted molar refractivity (Wildman–Crippen MR) is 74.8 cm³/mol. The Bertz CT molecular complexity index is 404. The molecular weight excluding hydrogens is 238 g/mol. The number of hydrogen-bond donors (Lipinski definition) is 0. The summed E-state index contributed by atoms with van der Waals surface area (Å²) >= 11 is 0. The summed E-state index contributed by atoms with van der Waals surface area (Å²) in [4.78, 5) is 15.2.